The number of carbonyl (C=O) groups excluding carboxylic acids is 1. The SMILES string of the molecule is COC(=O)c1cnc(Oc2ccc(CCNc3ncnc4c(F)ccc(F)c34)cc2)cc1C(F)(F)F. The van der Waals surface area contributed by atoms with Crippen molar-refractivity contribution in [3.05, 3.63) is 83.3 Å². The number of nitrogens with zero attached hydrogens (tertiary/aromatic N) is 3. The Labute approximate surface area is 200 Å². The van der Waals surface area contributed by atoms with Crippen molar-refractivity contribution in [3.63, 3.8) is 0 Å². The van der Waals surface area contributed by atoms with Crippen LogP contribution in [0.2, 0.25) is 0 Å². The Hall–Kier alpha value is -4.35. The van der Waals surface area contributed by atoms with Crippen LogP contribution in [-0.2, 0) is 17.3 Å². The molecular weight excluding hydrogens is 487 g/mol. The van der Waals surface area contributed by atoms with Crippen LogP contribution in [0.3, 0.4) is 0 Å². The number of aromatic nitrogens is 3. The third-order valence-electron chi connectivity index (χ3n) is 5.13. The highest BCUT2D eigenvalue weighted by Crippen LogP contribution is 2.35. The lowest BCUT2D eigenvalue weighted by Gasteiger charge is -2.13. The summed E-state index contributed by atoms with van der Waals surface area (Å²) >= 11 is 0. The maximum absolute atomic E-state index is 14.2. The number of alkyl halides is 3. The van der Waals surface area contributed by atoms with E-state index in [2.05, 4.69) is 25.0 Å². The van der Waals surface area contributed by atoms with Crippen LogP contribution in [0.5, 0.6) is 11.6 Å². The van der Waals surface area contributed by atoms with E-state index in [1.807, 2.05) is 0 Å². The number of halogens is 5. The molecule has 0 atom stereocenters. The van der Waals surface area contributed by atoms with Gasteiger partial charge in [-0.3, -0.25) is 0 Å². The third-order valence-corrected chi connectivity index (χ3v) is 5.13. The minimum atomic E-state index is -4.81. The lowest BCUT2D eigenvalue weighted by molar-refractivity contribution is -0.138. The van der Waals surface area contributed by atoms with Crippen LogP contribution < -0.4 is 10.1 Å². The lowest BCUT2D eigenvalue weighted by atomic mass is 10.1. The zero-order valence-corrected chi connectivity index (χ0v) is 18.6. The molecule has 186 valence electrons. The van der Waals surface area contributed by atoms with Gasteiger partial charge in [0.05, 0.1) is 23.6 Å². The molecule has 0 unspecified atom stereocenters. The van der Waals surface area contributed by atoms with Gasteiger partial charge < -0.3 is 14.8 Å². The summed E-state index contributed by atoms with van der Waals surface area (Å²) in [5.74, 6) is -2.46. The molecule has 7 nitrogen and oxygen atoms in total. The molecular formula is C24H17F5N4O3. The van der Waals surface area contributed by atoms with E-state index in [9.17, 15) is 26.7 Å². The van der Waals surface area contributed by atoms with Gasteiger partial charge in [0.1, 0.15) is 35.0 Å². The Bertz CT molecular complexity index is 1410. The van der Waals surface area contributed by atoms with Crippen LogP contribution in [0.15, 0.2) is 55.0 Å². The predicted octanol–water partition coefficient (Wildman–Crippen LogP) is 5.56. The van der Waals surface area contributed by atoms with Gasteiger partial charge in [0.25, 0.3) is 0 Å². The van der Waals surface area contributed by atoms with Crippen LogP contribution in [0.1, 0.15) is 21.5 Å². The van der Waals surface area contributed by atoms with E-state index in [0.717, 1.165) is 37.3 Å². The van der Waals surface area contributed by atoms with Gasteiger partial charge in [0.2, 0.25) is 5.88 Å². The molecule has 2 heterocycles. The zero-order valence-electron chi connectivity index (χ0n) is 18.6. The smallest absolute Gasteiger partial charge is 0.417 e. The first-order valence-electron chi connectivity index (χ1n) is 10.4. The fourth-order valence-electron chi connectivity index (χ4n) is 3.40. The molecule has 0 saturated heterocycles. The molecule has 0 aliphatic heterocycles. The van der Waals surface area contributed by atoms with E-state index >= 15 is 0 Å². The molecule has 0 fully saturated rings. The second kappa shape index (κ2) is 10.1. The molecule has 0 spiro atoms. The second-order valence-corrected chi connectivity index (χ2v) is 7.46. The molecule has 0 amide bonds. The maximum Gasteiger partial charge on any atom is 0.417 e. The van der Waals surface area contributed by atoms with Gasteiger partial charge in [-0.05, 0) is 36.2 Å². The molecule has 12 heteroatoms. The Balaban J connectivity index is 1.42. The van der Waals surface area contributed by atoms with Gasteiger partial charge in [-0.15, -0.1) is 0 Å². The number of benzene rings is 2. The van der Waals surface area contributed by atoms with Gasteiger partial charge in [0.15, 0.2) is 0 Å². The first kappa shape index (κ1) is 24.8. The van der Waals surface area contributed by atoms with Crippen LogP contribution >= 0.6 is 0 Å². The van der Waals surface area contributed by atoms with Gasteiger partial charge in [-0.1, -0.05) is 12.1 Å². The third kappa shape index (κ3) is 5.32. The van der Waals surface area contributed by atoms with Gasteiger partial charge >= 0.3 is 12.1 Å². The van der Waals surface area contributed by atoms with Gasteiger partial charge in [-0.2, -0.15) is 13.2 Å². The van der Waals surface area contributed by atoms with Gasteiger partial charge in [0, 0.05) is 18.8 Å². The van der Waals surface area contributed by atoms with Crippen LogP contribution in [-0.4, -0.2) is 34.6 Å². The van der Waals surface area contributed by atoms with Gasteiger partial charge in [-0.25, -0.2) is 28.5 Å². The average Bonchev–Trinajstić information content (AvgIpc) is 2.86. The van der Waals surface area contributed by atoms with E-state index in [0.29, 0.717) is 19.0 Å². The number of nitrogens with one attached hydrogen (secondary N) is 1. The van der Waals surface area contributed by atoms with Crippen molar-refractivity contribution >= 4 is 22.7 Å². The lowest BCUT2D eigenvalue weighted by Crippen LogP contribution is -2.15. The number of pyridine rings is 1. The first-order chi connectivity index (χ1) is 17.2. The summed E-state index contributed by atoms with van der Waals surface area (Å²) in [6, 6.07) is 9.05. The predicted molar refractivity (Wildman–Crippen MR) is 119 cm³/mol. The molecule has 1 N–H and O–H groups in total. The fraction of sp³-hybridized carbons (Fsp3) is 0.167. The molecule has 0 aliphatic rings. The second-order valence-electron chi connectivity index (χ2n) is 7.46. The molecule has 4 rings (SSSR count). The van der Waals surface area contributed by atoms with Crippen molar-refractivity contribution in [2.24, 2.45) is 0 Å². The summed E-state index contributed by atoms with van der Waals surface area (Å²) in [6.07, 6.45) is -2.47. The Morgan fingerprint density at radius 1 is 1.00 bits per heavy atom. The largest absolute Gasteiger partial charge is 0.465 e. The molecule has 0 aliphatic carbocycles. The highest BCUT2D eigenvalue weighted by atomic mass is 19.4. The quantitative estimate of drug-likeness (QED) is 0.261. The monoisotopic (exact) mass is 504 g/mol. The molecule has 0 radical (unpaired) electrons. The van der Waals surface area contributed by atoms with E-state index in [-0.39, 0.29) is 28.4 Å². The van der Waals surface area contributed by atoms with Crippen molar-refractivity contribution in [1.29, 1.82) is 0 Å². The van der Waals surface area contributed by atoms with Crippen LogP contribution in [0, 0.1) is 11.6 Å². The minimum absolute atomic E-state index is 0.0507. The molecule has 2 aromatic heterocycles. The van der Waals surface area contributed by atoms with Crippen molar-refractivity contribution in [3.8, 4) is 11.6 Å². The number of hydrogen-bond acceptors (Lipinski definition) is 7. The first-order valence-corrected chi connectivity index (χ1v) is 10.4. The number of carbonyl (C=O) groups is 1. The highest BCUT2D eigenvalue weighted by molar-refractivity contribution is 5.91. The number of methoxy groups -OCH3 is 1. The maximum atomic E-state index is 14.2. The summed E-state index contributed by atoms with van der Waals surface area (Å²) in [6.45, 7) is 0.327. The van der Waals surface area contributed by atoms with Crippen LogP contribution in [0.4, 0.5) is 27.8 Å². The number of hydrogen-bond donors (Lipinski definition) is 1. The number of rotatable bonds is 7. The standard InChI is InChI=1S/C24H17F5N4O3/c1-35-23(34)15-11-31-19(10-16(15)24(27,28)29)36-14-4-2-13(3-5-14)8-9-30-22-20-17(25)6-7-18(26)21(20)32-12-33-22/h2-7,10-12H,8-9H2,1H3,(H,30,32,33). The Morgan fingerprint density at radius 3 is 2.42 bits per heavy atom. The highest BCUT2D eigenvalue weighted by Gasteiger charge is 2.36. The number of fused-ring (bicyclic) bond motifs is 1. The summed E-state index contributed by atoms with van der Waals surface area (Å²) < 4.78 is 77.9. The van der Waals surface area contributed by atoms with Crippen molar-refractivity contribution in [1.82, 2.24) is 15.0 Å². The summed E-state index contributed by atoms with van der Waals surface area (Å²) in [4.78, 5) is 23.1. The average molecular weight is 504 g/mol. The summed E-state index contributed by atoms with van der Waals surface area (Å²) in [5.41, 5.74) is -1.25. The molecule has 36 heavy (non-hydrogen) atoms. The van der Waals surface area contributed by atoms with E-state index in [1.54, 1.807) is 12.1 Å². The molecule has 4 aromatic rings. The molecule has 2 aromatic carbocycles. The van der Waals surface area contributed by atoms with E-state index < -0.39 is 34.9 Å². The zero-order chi connectivity index (χ0) is 25.9. The van der Waals surface area contributed by atoms with E-state index in [1.165, 1.54) is 12.1 Å². The summed E-state index contributed by atoms with van der Waals surface area (Å²) in [7, 11) is 0.970. The molecule has 0 bridgehead atoms. The number of esters is 1. The van der Waals surface area contributed by atoms with Crippen molar-refractivity contribution < 1.29 is 36.2 Å². The Morgan fingerprint density at radius 2 is 1.72 bits per heavy atom. The Kier molecular flexibility index (Phi) is 6.95. The van der Waals surface area contributed by atoms with Crippen LogP contribution in [0.25, 0.3) is 10.9 Å². The fourth-order valence-corrected chi connectivity index (χ4v) is 3.40. The molecule has 0 saturated carbocycles. The topological polar surface area (TPSA) is 86.2 Å². The normalized spacial score (nSPS) is 11.4. The van der Waals surface area contributed by atoms with Crippen molar-refractivity contribution in [2.75, 3.05) is 19.0 Å². The van der Waals surface area contributed by atoms with E-state index in [4.69, 9.17) is 4.74 Å². The number of anilines is 1. The number of ether oxygens (including phenoxy) is 2. The van der Waals surface area contributed by atoms with Crippen molar-refractivity contribution in [2.45, 2.75) is 12.6 Å². The summed E-state index contributed by atoms with van der Waals surface area (Å²) in [5, 5.41) is 2.90. The minimum Gasteiger partial charge on any atom is -0.465 e.